The van der Waals surface area contributed by atoms with E-state index in [1.807, 2.05) is 6.07 Å². The summed E-state index contributed by atoms with van der Waals surface area (Å²) in [5.74, 6) is 2.68. The Bertz CT molecular complexity index is 404. The summed E-state index contributed by atoms with van der Waals surface area (Å²) < 4.78 is 5.34. The lowest BCUT2D eigenvalue weighted by molar-refractivity contribution is 0.179. The van der Waals surface area contributed by atoms with Crippen LogP contribution in [0.5, 0.6) is 5.75 Å². The average molecular weight is 275 g/mol. The summed E-state index contributed by atoms with van der Waals surface area (Å²) >= 11 is 0. The van der Waals surface area contributed by atoms with Crippen molar-refractivity contribution in [3.05, 3.63) is 29.8 Å². The van der Waals surface area contributed by atoms with E-state index in [0.717, 1.165) is 24.0 Å². The molecule has 0 spiro atoms. The molecule has 1 aliphatic carbocycles. The number of benzene rings is 1. The molecule has 2 heteroatoms. The standard InChI is InChI=1S/C18H29NO/c1-4-15-9-5-6-11-17(15)18(19-2)13-14-8-7-10-16(12-14)20-3/h7-8,10,12,15,17-19H,4-6,9,11,13H2,1-3H3. The molecular formula is C18H29NO. The van der Waals surface area contributed by atoms with E-state index in [9.17, 15) is 0 Å². The van der Waals surface area contributed by atoms with Crippen molar-refractivity contribution < 1.29 is 4.74 Å². The van der Waals surface area contributed by atoms with Gasteiger partial charge in [-0.1, -0.05) is 44.7 Å². The first-order valence-corrected chi connectivity index (χ1v) is 8.08. The molecule has 0 aromatic heterocycles. The van der Waals surface area contributed by atoms with Gasteiger partial charge in [0.25, 0.3) is 0 Å². The van der Waals surface area contributed by atoms with Gasteiger partial charge in [0, 0.05) is 6.04 Å². The van der Waals surface area contributed by atoms with Crippen LogP contribution in [0.1, 0.15) is 44.6 Å². The van der Waals surface area contributed by atoms with Gasteiger partial charge in [0.1, 0.15) is 5.75 Å². The Hall–Kier alpha value is -1.02. The summed E-state index contributed by atoms with van der Waals surface area (Å²) in [5.41, 5.74) is 1.38. The zero-order chi connectivity index (χ0) is 14.4. The molecule has 1 saturated carbocycles. The predicted octanol–water partition coefficient (Wildman–Crippen LogP) is 4.04. The highest BCUT2D eigenvalue weighted by Crippen LogP contribution is 2.35. The van der Waals surface area contributed by atoms with E-state index in [4.69, 9.17) is 4.74 Å². The van der Waals surface area contributed by atoms with Crippen molar-refractivity contribution in [1.29, 1.82) is 0 Å². The summed E-state index contributed by atoms with van der Waals surface area (Å²) in [5, 5.41) is 3.58. The Balaban J connectivity index is 2.06. The maximum absolute atomic E-state index is 5.34. The molecule has 1 aromatic rings. The van der Waals surface area contributed by atoms with E-state index < -0.39 is 0 Å². The second-order valence-corrected chi connectivity index (χ2v) is 6.07. The van der Waals surface area contributed by atoms with Crippen LogP contribution in [0.4, 0.5) is 0 Å². The first kappa shape index (κ1) is 15.4. The molecule has 2 nitrogen and oxygen atoms in total. The van der Waals surface area contributed by atoms with Crippen molar-refractivity contribution in [2.75, 3.05) is 14.2 Å². The minimum absolute atomic E-state index is 0.590. The monoisotopic (exact) mass is 275 g/mol. The van der Waals surface area contributed by atoms with Gasteiger partial charge in [0.05, 0.1) is 7.11 Å². The second kappa shape index (κ2) is 7.68. The largest absolute Gasteiger partial charge is 0.497 e. The van der Waals surface area contributed by atoms with E-state index in [1.54, 1.807) is 7.11 Å². The van der Waals surface area contributed by atoms with Gasteiger partial charge in [0.2, 0.25) is 0 Å². The fraction of sp³-hybridized carbons (Fsp3) is 0.667. The number of hydrogen-bond acceptors (Lipinski definition) is 2. The molecule has 3 atom stereocenters. The number of methoxy groups -OCH3 is 1. The van der Waals surface area contributed by atoms with Crippen LogP contribution >= 0.6 is 0 Å². The first-order valence-electron chi connectivity index (χ1n) is 8.08. The highest BCUT2D eigenvalue weighted by molar-refractivity contribution is 5.29. The van der Waals surface area contributed by atoms with Gasteiger partial charge >= 0.3 is 0 Å². The van der Waals surface area contributed by atoms with Gasteiger partial charge < -0.3 is 10.1 Å². The van der Waals surface area contributed by atoms with Crippen LogP contribution in [0.25, 0.3) is 0 Å². The molecule has 0 heterocycles. The zero-order valence-corrected chi connectivity index (χ0v) is 13.2. The first-order chi connectivity index (χ1) is 9.78. The van der Waals surface area contributed by atoms with Crippen LogP contribution < -0.4 is 10.1 Å². The van der Waals surface area contributed by atoms with E-state index in [2.05, 4.69) is 37.5 Å². The fourth-order valence-electron chi connectivity index (χ4n) is 3.79. The SMILES string of the molecule is CCC1CCCCC1C(Cc1cccc(OC)c1)NC. The van der Waals surface area contributed by atoms with E-state index >= 15 is 0 Å². The van der Waals surface area contributed by atoms with Gasteiger partial charge in [-0.15, -0.1) is 0 Å². The molecule has 112 valence electrons. The van der Waals surface area contributed by atoms with Gasteiger partial charge in [-0.25, -0.2) is 0 Å². The maximum Gasteiger partial charge on any atom is 0.119 e. The maximum atomic E-state index is 5.34. The third kappa shape index (κ3) is 3.76. The Morgan fingerprint density at radius 3 is 2.80 bits per heavy atom. The van der Waals surface area contributed by atoms with Crippen molar-refractivity contribution in [2.24, 2.45) is 11.8 Å². The Labute approximate surface area is 123 Å². The summed E-state index contributed by atoms with van der Waals surface area (Å²) in [7, 11) is 3.86. The summed E-state index contributed by atoms with van der Waals surface area (Å²) in [6.07, 6.45) is 8.04. The minimum Gasteiger partial charge on any atom is -0.497 e. The molecule has 0 bridgehead atoms. The Kier molecular flexibility index (Phi) is 5.90. The molecule has 2 rings (SSSR count). The fourth-order valence-corrected chi connectivity index (χ4v) is 3.79. The van der Waals surface area contributed by atoms with Crippen LogP contribution in [0.15, 0.2) is 24.3 Å². The highest BCUT2D eigenvalue weighted by Gasteiger charge is 2.29. The van der Waals surface area contributed by atoms with Gasteiger partial charge in [-0.05, 0) is 49.4 Å². The average Bonchev–Trinajstić information content (AvgIpc) is 2.52. The smallest absolute Gasteiger partial charge is 0.119 e. The topological polar surface area (TPSA) is 21.3 Å². The summed E-state index contributed by atoms with van der Waals surface area (Å²) in [4.78, 5) is 0. The number of nitrogens with one attached hydrogen (secondary N) is 1. The normalized spacial score (nSPS) is 24.4. The number of likely N-dealkylation sites (N-methyl/N-ethyl adjacent to an activating group) is 1. The number of ether oxygens (including phenoxy) is 1. The van der Waals surface area contributed by atoms with Gasteiger partial charge in [-0.2, -0.15) is 0 Å². The van der Waals surface area contributed by atoms with Crippen LogP contribution in [0, 0.1) is 11.8 Å². The molecule has 1 fully saturated rings. The molecule has 1 aromatic carbocycles. The lowest BCUT2D eigenvalue weighted by atomic mass is 9.73. The predicted molar refractivity (Wildman–Crippen MR) is 85.3 cm³/mol. The molecular weight excluding hydrogens is 246 g/mol. The molecule has 0 radical (unpaired) electrons. The molecule has 1 aliphatic rings. The molecule has 20 heavy (non-hydrogen) atoms. The van der Waals surface area contributed by atoms with E-state index in [1.165, 1.54) is 37.7 Å². The molecule has 1 N–H and O–H groups in total. The molecule has 0 amide bonds. The molecule has 0 aliphatic heterocycles. The zero-order valence-electron chi connectivity index (χ0n) is 13.2. The van der Waals surface area contributed by atoms with Gasteiger partial charge in [0.15, 0.2) is 0 Å². The van der Waals surface area contributed by atoms with Crippen LogP contribution in [-0.2, 0) is 6.42 Å². The lowest BCUT2D eigenvalue weighted by Crippen LogP contribution is -2.40. The number of rotatable bonds is 6. The summed E-state index contributed by atoms with van der Waals surface area (Å²) in [6.45, 7) is 2.35. The highest BCUT2D eigenvalue weighted by atomic mass is 16.5. The van der Waals surface area contributed by atoms with Crippen LogP contribution in [0.3, 0.4) is 0 Å². The third-order valence-electron chi connectivity index (χ3n) is 4.97. The third-order valence-corrected chi connectivity index (χ3v) is 4.97. The summed E-state index contributed by atoms with van der Waals surface area (Å²) in [6, 6.07) is 9.10. The van der Waals surface area contributed by atoms with Gasteiger partial charge in [-0.3, -0.25) is 0 Å². The molecule has 3 unspecified atom stereocenters. The lowest BCUT2D eigenvalue weighted by Gasteiger charge is -2.37. The van der Waals surface area contributed by atoms with E-state index in [0.29, 0.717) is 6.04 Å². The van der Waals surface area contributed by atoms with Crippen LogP contribution in [0.2, 0.25) is 0 Å². The number of hydrogen-bond donors (Lipinski definition) is 1. The minimum atomic E-state index is 0.590. The Morgan fingerprint density at radius 1 is 1.30 bits per heavy atom. The quantitative estimate of drug-likeness (QED) is 0.846. The second-order valence-electron chi connectivity index (χ2n) is 6.07. The van der Waals surface area contributed by atoms with E-state index in [-0.39, 0.29) is 0 Å². The van der Waals surface area contributed by atoms with Crippen molar-refractivity contribution >= 4 is 0 Å². The molecule has 0 saturated heterocycles. The van der Waals surface area contributed by atoms with Crippen molar-refractivity contribution in [3.63, 3.8) is 0 Å². The van der Waals surface area contributed by atoms with Crippen molar-refractivity contribution in [2.45, 2.75) is 51.5 Å². The van der Waals surface area contributed by atoms with Crippen molar-refractivity contribution in [3.8, 4) is 5.75 Å². The van der Waals surface area contributed by atoms with Crippen LogP contribution in [-0.4, -0.2) is 20.2 Å². The van der Waals surface area contributed by atoms with Crippen molar-refractivity contribution in [1.82, 2.24) is 5.32 Å². The Morgan fingerprint density at radius 2 is 2.10 bits per heavy atom.